The van der Waals surface area contributed by atoms with Crippen LogP contribution < -0.4 is 5.32 Å². The molecule has 0 saturated heterocycles. The monoisotopic (exact) mass is 261 g/mol. The van der Waals surface area contributed by atoms with E-state index in [0.29, 0.717) is 18.1 Å². The molecule has 0 spiro atoms. The van der Waals surface area contributed by atoms with Crippen LogP contribution in [0.5, 0.6) is 0 Å². The van der Waals surface area contributed by atoms with Gasteiger partial charge in [-0.3, -0.25) is 14.8 Å². The second-order valence-corrected chi connectivity index (χ2v) is 4.29. The van der Waals surface area contributed by atoms with Crippen LogP contribution in [0, 0.1) is 24.0 Å². The highest BCUT2D eigenvalue weighted by atomic mass is 16.6. The number of anilines is 1. The van der Waals surface area contributed by atoms with Crippen molar-refractivity contribution in [3.05, 3.63) is 45.4 Å². The van der Waals surface area contributed by atoms with E-state index in [9.17, 15) is 10.1 Å². The fourth-order valence-electron chi connectivity index (χ4n) is 1.75. The van der Waals surface area contributed by atoms with E-state index in [4.69, 9.17) is 0 Å². The molecule has 0 atom stereocenters. The van der Waals surface area contributed by atoms with Gasteiger partial charge in [0.05, 0.1) is 11.1 Å². The Morgan fingerprint density at radius 1 is 1.42 bits per heavy atom. The maximum atomic E-state index is 10.7. The number of hydrogen-bond acceptors (Lipinski definition) is 5. The Morgan fingerprint density at radius 2 is 2.16 bits per heavy atom. The maximum absolute atomic E-state index is 10.7. The molecule has 0 radical (unpaired) electrons. The largest absolute Gasteiger partial charge is 0.366 e. The van der Waals surface area contributed by atoms with Gasteiger partial charge in [0.15, 0.2) is 0 Å². The first kappa shape index (κ1) is 13.0. The molecule has 2 aromatic heterocycles. The number of nitrogens with one attached hydrogen (secondary N) is 1. The molecule has 100 valence electrons. The number of nitro groups is 1. The summed E-state index contributed by atoms with van der Waals surface area (Å²) in [6.45, 7) is 4.20. The van der Waals surface area contributed by atoms with Gasteiger partial charge in [-0.2, -0.15) is 5.10 Å². The molecular weight excluding hydrogens is 246 g/mol. The SMILES string of the molecule is Cc1nc(NCc2cnn(C)c2C)ccc1[N+](=O)[O-]. The van der Waals surface area contributed by atoms with Crippen LogP contribution in [-0.2, 0) is 13.6 Å². The Morgan fingerprint density at radius 3 is 2.68 bits per heavy atom. The van der Waals surface area contributed by atoms with Crippen molar-refractivity contribution in [2.24, 2.45) is 7.05 Å². The van der Waals surface area contributed by atoms with E-state index < -0.39 is 4.92 Å². The topological polar surface area (TPSA) is 85.9 Å². The summed E-state index contributed by atoms with van der Waals surface area (Å²) in [5.41, 5.74) is 2.58. The van der Waals surface area contributed by atoms with E-state index in [0.717, 1.165) is 11.3 Å². The van der Waals surface area contributed by atoms with Gasteiger partial charge >= 0.3 is 0 Å². The molecule has 7 nitrogen and oxygen atoms in total. The minimum absolute atomic E-state index is 0.0307. The number of pyridine rings is 1. The lowest BCUT2D eigenvalue weighted by Crippen LogP contribution is -2.04. The highest BCUT2D eigenvalue weighted by Gasteiger charge is 2.12. The van der Waals surface area contributed by atoms with Crippen LogP contribution >= 0.6 is 0 Å². The average molecular weight is 261 g/mol. The molecule has 7 heteroatoms. The van der Waals surface area contributed by atoms with E-state index >= 15 is 0 Å². The van der Waals surface area contributed by atoms with Gasteiger partial charge in [-0.25, -0.2) is 4.98 Å². The van der Waals surface area contributed by atoms with E-state index in [-0.39, 0.29) is 5.69 Å². The number of rotatable bonds is 4. The molecule has 19 heavy (non-hydrogen) atoms. The third kappa shape index (κ3) is 2.70. The van der Waals surface area contributed by atoms with Crippen molar-refractivity contribution in [2.45, 2.75) is 20.4 Å². The molecule has 0 unspecified atom stereocenters. The zero-order chi connectivity index (χ0) is 14.0. The Kier molecular flexibility index (Phi) is 3.46. The highest BCUT2D eigenvalue weighted by Crippen LogP contribution is 2.18. The zero-order valence-corrected chi connectivity index (χ0v) is 11.0. The maximum Gasteiger partial charge on any atom is 0.290 e. The second-order valence-electron chi connectivity index (χ2n) is 4.29. The number of hydrogen-bond donors (Lipinski definition) is 1. The summed E-state index contributed by atoms with van der Waals surface area (Å²) in [4.78, 5) is 14.4. The zero-order valence-electron chi connectivity index (χ0n) is 11.0. The van der Waals surface area contributed by atoms with Crippen LogP contribution in [0.15, 0.2) is 18.3 Å². The number of nitrogens with zero attached hydrogens (tertiary/aromatic N) is 4. The molecule has 0 aromatic carbocycles. The van der Waals surface area contributed by atoms with E-state index in [1.54, 1.807) is 23.9 Å². The van der Waals surface area contributed by atoms with Gasteiger partial charge in [0.1, 0.15) is 11.5 Å². The lowest BCUT2D eigenvalue weighted by molar-refractivity contribution is -0.385. The number of aryl methyl sites for hydroxylation is 2. The quantitative estimate of drug-likeness (QED) is 0.671. The normalized spacial score (nSPS) is 10.5. The summed E-state index contributed by atoms with van der Waals surface area (Å²) in [6, 6.07) is 3.07. The third-order valence-corrected chi connectivity index (χ3v) is 3.05. The molecule has 0 bridgehead atoms. The van der Waals surface area contributed by atoms with Crippen LogP contribution in [0.4, 0.5) is 11.5 Å². The molecule has 0 aliphatic rings. The molecule has 0 aliphatic heterocycles. The lowest BCUT2D eigenvalue weighted by atomic mass is 10.2. The standard InChI is InChI=1S/C12H15N5O2/c1-8-11(17(18)19)4-5-12(15-8)13-6-10-7-14-16(3)9(10)2/h4-5,7H,6H2,1-3H3,(H,13,15). The fourth-order valence-corrected chi connectivity index (χ4v) is 1.75. The Hall–Kier alpha value is -2.44. The summed E-state index contributed by atoms with van der Waals surface area (Å²) in [7, 11) is 1.88. The van der Waals surface area contributed by atoms with E-state index in [1.807, 2.05) is 14.0 Å². The Balaban J connectivity index is 2.10. The number of aromatic nitrogens is 3. The van der Waals surface area contributed by atoms with Gasteiger partial charge < -0.3 is 5.32 Å². The molecule has 0 amide bonds. The van der Waals surface area contributed by atoms with Gasteiger partial charge in [0.25, 0.3) is 5.69 Å². The highest BCUT2D eigenvalue weighted by molar-refractivity contribution is 5.45. The van der Waals surface area contributed by atoms with Crippen LogP contribution in [0.2, 0.25) is 0 Å². The third-order valence-electron chi connectivity index (χ3n) is 3.05. The first-order chi connectivity index (χ1) is 8.99. The smallest absolute Gasteiger partial charge is 0.290 e. The van der Waals surface area contributed by atoms with Crippen LogP contribution in [0.3, 0.4) is 0 Å². The summed E-state index contributed by atoms with van der Waals surface area (Å²) >= 11 is 0. The molecule has 2 rings (SSSR count). The molecule has 2 heterocycles. The van der Waals surface area contributed by atoms with Crippen molar-refractivity contribution < 1.29 is 4.92 Å². The van der Waals surface area contributed by atoms with Crippen molar-refractivity contribution in [3.8, 4) is 0 Å². The van der Waals surface area contributed by atoms with Gasteiger partial charge in [-0.1, -0.05) is 0 Å². The van der Waals surface area contributed by atoms with Gasteiger partial charge in [0.2, 0.25) is 0 Å². The summed E-state index contributed by atoms with van der Waals surface area (Å²) < 4.78 is 1.80. The van der Waals surface area contributed by atoms with Gasteiger partial charge in [0, 0.05) is 30.9 Å². The molecule has 2 aromatic rings. The Labute approximate surface area is 110 Å². The van der Waals surface area contributed by atoms with Crippen molar-refractivity contribution in [2.75, 3.05) is 5.32 Å². The predicted molar refractivity (Wildman–Crippen MR) is 70.9 cm³/mol. The average Bonchev–Trinajstić information content (AvgIpc) is 2.67. The fraction of sp³-hybridized carbons (Fsp3) is 0.333. The first-order valence-corrected chi connectivity index (χ1v) is 5.82. The van der Waals surface area contributed by atoms with Crippen LogP contribution in [0.25, 0.3) is 0 Å². The molecule has 0 aliphatic carbocycles. The minimum atomic E-state index is -0.433. The molecule has 0 saturated carbocycles. The first-order valence-electron chi connectivity index (χ1n) is 5.82. The van der Waals surface area contributed by atoms with E-state index in [2.05, 4.69) is 15.4 Å². The van der Waals surface area contributed by atoms with Crippen molar-refractivity contribution >= 4 is 11.5 Å². The summed E-state index contributed by atoms with van der Waals surface area (Å²) in [5, 5.41) is 18.0. The minimum Gasteiger partial charge on any atom is -0.366 e. The summed E-state index contributed by atoms with van der Waals surface area (Å²) in [5.74, 6) is 0.617. The van der Waals surface area contributed by atoms with E-state index in [1.165, 1.54) is 6.07 Å². The predicted octanol–water partition coefficient (Wildman–Crippen LogP) is 1.95. The second kappa shape index (κ2) is 5.05. The van der Waals surface area contributed by atoms with Crippen molar-refractivity contribution in [1.29, 1.82) is 0 Å². The lowest BCUT2D eigenvalue weighted by Gasteiger charge is -2.06. The molecular formula is C12H15N5O2. The molecule has 1 N–H and O–H groups in total. The van der Waals surface area contributed by atoms with Crippen molar-refractivity contribution in [3.63, 3.8) is 0 Å². The van der Waals surface area contributed by atoms with Crippen LogP contribution in [0.1, 0.15) is 17.0 Å². The Bertz CT molecular complexity index is 621. The van der Waals surface area contributed by atoms with Crippen molar-refractivity contribution in [1.82, 2.24) is 14.8 Å². The summed E-state index contributed by atoms with van der Waals surface area (Å²) in [6.07, 6.45) is 1.79. The van der Waals surface area contributed by atoms with Crippen LogP contribution in [-0.4, -0.2) is 19.7 Å². The van der Waals surface area contributed by atoms with Gasteiger partial charge in [-0.05, 0) is 19.9 Å². The molecule has 0 fully saturated rings. The van der Waals surface area contributed by atoms with Gasteiger partial charge in [-0.15, -0.1) is 0 Å².